The fourth-order valence-corrected chi connectivity index (χ4v) is 4.64. The summed E-state index contributed by atoms with van der Waals surface area (Å²) in [5.41, 5.74) is 2.28. The van der Waals surface area contributed by atoms with Gasteiger partial charge in [0.15, 0.2) is 0 Å². The van der Waals surface area contributed by atoms with Gasteiger partial charge >= 0.3 is 0 Å². The van der Waals surface area contributed by atoms with Crippen molar-refractivity contribution in [2.24, 2.45) is 0 Å². The average molecular weight is 419 g/mol. The number of piperidine rings is 1. The smallest absolute Gasteiger partial charge is 0.261 e. The molecule has 8 heteroatoms. The number of aryl methyl sites for hydroxylation is 2. The van der Waals surface area contributed by atoms with Crippen LogP contribution < -0.4 is 5.56 Å². The van der Waals surface area contributed by atoms with Crippen molar-refractivity contribution in [1.29, 1.82) is 0 Å². The molecule has 5 rings (SSSR count). The van der Waals surface area contributed by atoms with Crippen LogP contribution in [0.2, 0.25) is 0 Å². The van der Waals surface area contributed by atoms with Gasteiger partial charge in [-0.3, -0.25) is 14.2 Å². The molecule has 2 aliphatic rings. The number of benzene rings is 1. The Morgan fingerprint density at radius 3 is 2.84 bits per heavy atom. The highest BCUT2D eigenvalue weighted by Gasteiger charge is 2.43. The number of hydrogen-bond donors (Lipinski definition) is 0. The number of nitrogens with zero attached hydrogens (tertiary/aromatic N) is 5. The number of rotatable bonds is 3. The van der Waals surface area contributed by atoms with Crippen molar-refractivity contribution in [3.63, 3.8) is 0 Å². The molecule has 4 heterocycles. The van der Waals surface area contributed by atoms with Crippen LogP contribution in [-0.4, -0.2) is 50.0 Å². The topological polar surface area (TPSA) is 90.2 Å². The van der Waals surface area contributed by atoms with E-state index in [1.165, 1.54) is 10.9 Å². The molecule has 3 aromatic rings. The fraction of sp³-hybridized carbons (Fsp3) is 0.435. The van der Waals surface area contributed by atoms with Crippen LogP contribution in [0.5, 0.6) is 0 Å². The number of ether oxygens (including phenoxy) is 1. The molecule has 0 unspecified atom stereocenters. The lowest BCUT2D eigenvalue weighted by Crippen LogP contribution is -2.49. The van der Waals surface area contributed by atoms with Crippen molar-refractivity contribution in [2.75, 3.05) is 19.7 Å². The van der Waals surface area contributed by atoms with E-state index in [1.54, 1.807) is 6.07 Å². The number of para-hydroxylation sites is 1. The quantitative estimate of drug-likeness (QED) is 0.645. The minimum absolute atomic E-state index is 0.0461. The van der Waals surface area contributed by atoms with E-state index < -0.39 is 5.60 Å². The maximum atomic E-state index is 12.8. The lowest BCUT2D eigenvalue weighted by Gasteiger charge is -2.44. The van der Waals surface area contributed by atoms with Crippen LogP contribution in [0.15, 0.2) is 41.6 Å². The summed E-state index contributed by atoms with van der Waals surface area (Å²) >= 11 is 0. The molecule has 1 spiro atoms. The van der Waals surface area contributed by atoms with E-state index >= 15 is 0 Å². The Labute approximate surface area is 179 Å². The lowest BCUT2D eigenvalue weighted by molar-refractivity contribution is -0.141. The molecule has 0 atom stereocenters. The highest BCUT2D eigenvalue weighted by atomic mass is 16.5. The molecule has 8 nitrogen and oxygen atoms in total. The Morgan fingerprint density at radius 2 is 2.00 bits per heavy atom. The number of aromatic nitrogens is 4. The van der Waals surface area contributed by atoms with Crippen molar-refractivity contribution in [3.8, 4) is 0 Å². The molecule has 0 radical (unpaired) electrons. The zero-order valence-corrected chi connectivity index (χ0v) is 17.6. The number of carbonyl (C=O) groups is 1. The molecule has 0 saturated carbocycles. The standard InChI is InChI=1S/C23H25N5O3/c1-16-24-14-17-7-13-31-23(21(17)26-16)8-11-27(12-9-23)20(29)6-10-28-15-25-19-5-3-2-4-18(19)22(28)30/h2-5,14-15H,6-13H2,1H3. The van der Waals surface area contributed by atoms with E-state index in [-0.39, 0.29) is 17.9 Å². The molecule has 0 aliphatic carbocycles. The van der Waals surface area contributed by atoms with Crippen LogP contribution in [0.25, 0.3) is 10.9 Å². The largest absolute Gasteiger partial charge is 0.368 e. The number of fused-ring (bicyclic) bond motifs is 3. The van der Waals surface area contributed by atoms with Crippen molar-refractivity contribution < 1.29 is 9.53 Å². The number of amides is 1. The normalized spacial score (nSPS) is 17.6. The Kier molecular flexibility index (Phi) is 5.02. The first-order chi connectivity index (χ1) is 15.1. The predicted molar refractivity (Wildman–Crippen MR) is 115 cm³/mol. The summed E-state index contributed by atoms with van der Waals surface area (Å²) in [6.07, 6.45) is 5.98. The lowest BCUT2D eigenvalue weighted by atomic mass is 9.83. The summed E-state index contributed by atoms with van der Waals surface area (Å²) < 4.78 is 7.74. The summed E-state index contributed by atoms with van der Waals surface area (Å²) in [7, 11) is 0. The predicted octanol–water partition coefficient (Wildman–Crippen LogP) is 1.98. The molecule has 0 bridgehead atoms. The third-order valence-electron chi connectivity index (χ3n) is 6.39. The number of likely N-dealkylation sites (tertiary alicyclic amines) is 1. The number of carbonyl (C=O) groups excluding carboxylic acids is 1. The van der Waals surface area contributed by atoms with Gasteiger partial charge in [0.1, 0.15) is 11.4 Å². The van der Waals surface area contributed by atoms with Gasteiger partial charge in [0.2, 0.25) is 5.91 Å². The summed E-state index contributed by atoms with van der Waals surface area (Å²) in [4.78, 5) is 40.7. The van der Waals surface area contributed by atoms with Gasteiger partial charge < -0.3 is 9.64 Å². The van der Waals surface area contributed by atoms with Crippen LogP contribution in [-0.2, 0) is 28.1 Å². The van der Waals surface area contributed by atoms with Gasteiger partial charge in [0, 0.05) is 32.3 Å². The van der Waals surface area contributed by atoms with E-state index in [1.807, 2.05) is 36.2 Å². The van der Waals surface area contributed by atoms with Crippen LogP contribution in [0, 0.1) is 6.92 Å². The summed E-state index contributed by atoms with van der Waals surface area (Å²) in [6, 6.07) is 7.25. The highest BCUT2D eigenvalue weighted by Crippen LogP contribution is 2.40. The van der Waals surface area contributed by atoms with E-state index in [0.29, 0.717) is 37.1 Å². The van der Waals surface area contributed by atoms with E-state index in [9.17, 15) is 9.59 Å². The SMILES string of the molecule is Cc1ncc2c(n1)C1(CCN(C(=O)CCn3cnc4ccccc4c3=O)CC1)OCC2. The van der Waals surface area contributed by atoms with Gasteiger partial charge in [0.25, 0.3) is 5.56 Å². The molecule has 2 aromatic heterocycles. The Hall–Kier alpha value is -3.13. The van der Waals surface area contributed by atoms with Gasteiger partial charge in [-0.15, -0.1) is 0 Å². The van der Waals surface area contributed by atoms with Crippen molar-refractivity contribution >= 4 is 16.8 Å². The van der Waals surface area contributed by atoms with E-state index in [2.05, 4.69) is 15.0 Å². The summed E-state index contributed by atoms with van der Waals surface area (Å²) in [5.74, 6) is 0.793. The first-order valence-electron chi connectivity index (χ1n) is 10.7. The summed E-state index contributed by atoms with van der Waals surface area (Å²) in [6.45, 7) is 4.11. The first kappa shape index (κ1) is 19.8. The van der Waals surface area contributed by atoms with Gasteiger partial charge in [-0.05, 0) is 43.9 Å². The molecule has 1 saturated heterocycles. The van der Waals surface area contributed by atoms with Crippen molar-refractivity contribution in [3.05, 3.63) is 64.2 Å². The van der Waals surface area contributed by atoms with Crippen molar-refractivity contribution in [1.82, 2.24) is 24.4 Å². The Bertz CT molecular complexity index is 1200. The molecule has 1 fully saturated rings. The molecular formula is C23H25N5O3. The summed E-state index contributed by atoms with van der Waals surface area (Å²) in [5, 5.41) is 0.572. The minimum Gasteiger partial charge on any atom is -0.368 e. The van der Waals surface area contributed by atoms with Gasteiger partial charge in [-0.1, -0.05) is 12.1 Å². The third-order valence-corrected chi connectivity index (χ3v) is 6.39. The Balaban J connectivity index is 1.25. The molecule has 31 heavy (non-hydrogen) atoms. The molecule has 1 amide bonds. The van der Waals surface area contributed by atoms with Crippen LogP contribution >= 0.6 is 0 Å². The zero-order chi connectivity index (χ0) is 21.4. The molecule has 160 valence electrons. The monoisotopic (exact) mass is 419 g/mol. The van der Waals surface area contributed by atoms with Crippen LogP contribution in [0.1, 0.15) is 36.3 Å². The van der Waals surface area contributed by atoms with Crippen molar-refractivity contribution in [2.45, 2.75) is 44.8 Å². The number of hydrogen-bond acceptors (Lipinski definition) is 6. The second-order valence-corrected chi connectivity index (χ2v) is 8.27. The first-order valence-corrected chi connectivity index (χ1v) is 10.7. The van der Waals surface area contributed by atoms with E-state index in [0.717, 1.165) is 36.3 Å². The van der Waals surface area contributed by atoms with Gasteiger partial charge in [-0.25, -0.2) is 15.0 Å². The molecular weight excluding hydrogens is 394 g/mol. The van der Waals surface area contributed by atoms with E-state index in [4.69, 9.17) is 4.74 Å². The fourth-order valence-electron chi connectivity index (χ4n) is 4.64. The van der Waals surface area contributed by atoms with Crippen LogP contribution in [0.4, 0.5) is 0 Å². The Morgan fingerprint density at radius 1 is 1.19 bits per heavy atom. The second kappa shape index (κ2) is 7.85. The second-order valence-electron chi connectivity index (χ2n) is 8.27. The third kappa shape index (κ3) is 3.61. The highest BCUT2D eigenvalue weighted by molar-refractivity contribution is 5.77. The zero-order valence-electron chi connectivity index (χ0n) is 17.6. The molecule has 1 aromatic carbocycles. The maximum Gasteiger partial charge on any atom is 0.261 e. The van der Waals surface area contributed by atoms with Gasteiger partial charge in [-0.2, -0.15) is 0 Å². The molecule has 0 N–H and O–H groups in total. The maximum absolute atomic E-state index is 12.8. The minimum atomic E-state index is -0.419. The molecule has 2 aliphatic heterocycles. The van der Waals surface area contributed by atoms with Crippen LogP contribution in [0.3, 0.4) is 0 Å². The average Bonchev–Trinajstić information content (AvgIpc) is 2.80. The van der Waals surface area contributed by atoms with Gasteiger partial charge in [0.05, 0.1) is 29.5 Å².